The molecule has 2 aromatic carbocycles. The highest BCUT2D eigenvalue weighted by molar-refractivity contribution is 5.69. The summed E-state index contributed by atoms with van der Waals surface area (Å²) in [4.78, 5) is 10.6. The molecular weight excluding hydrogens is 264 g/mol. The molecule has 104 valence electrons. The van der Waals surface area contributed by atoms with Gasteiger partial charge < -0.3 is 10.8 Å². The second-order valence-corrected chi connectivity index (χ2v) is 4.49. The van der Waals surface area contributed by atoms with Crippen molar-refractivity contribution in [2.75, 3.05) is 0 Å². The first kappa shape index (κ1) is 14.1. The lowest BCUT2D eigenvalue weighted by molar-refractivity contribution is -0.137. The van der Waals surface area contributed by atoms with Crippen LogP contribution in [0.2, 0.25) is 0 Å². The number of carboxylic acids is 1. The van der Waals surface area contributed by atoms with E-state index in [0.29, 0.717) is 16.7 Å². The molecule has 2 aromatic rings. The zero-order chi connectivity index (χ0) is 14.7. The van der Waals surface area contributed by atoms with Gasteiger partial charge in [0.1, 0.15) is 11.6 Å². The first-order valence-corrected chi connectivity index (χ1v) is 5.99. The fraction of sp³-hybridized carbons (Fsp3) is 0.133. The molecule has 0 aliphatic carbocycles. The van der Waals surface area contributed by atoms with Gasteiger partial charge in [0.05, 0.1) is 6.42 Å². The molecule has 1 unspecified atom stereocenters. The Labute approximate surface area is 114 Å². The highest BCUT2D eigenvalue weighted by atomic mass is 19.1. The number of benzene rings is 2. The predicted octanol–water partition coefficient (Wildman–Crippen LogP) is 3.11. The zero-order valence-corrected chi connectivity index (χ0v) is 10.5. The van der Waals surface area contributed by atoms with Crippen LogP contribution in [0.4, 0.5) is 8.78 Å². The number of halogens is 2. The van der Waals surface area contributed by atoms with Gasteiger partial charge in [-0.2, -0.15) is 0 Å². The van der Waals surface area contributed by atoms with E-state index in [1.165, 1.54) is 12.1 Å². The topological polar surface area (TPSA) is 63.3 Å². The standard InChI is InChI=1S/C15H13F2NO2/c16-12-5-11(6-13(17)7-12)9-2-1-3-10(4-9)14(18)8-15(19)20/h1-7,14H,8,18H2,(H,19,20). The quantitative estimate of drug-likeness (QED) is 0.902. The number of carbonyl (C=O) groups is 1. The molecule has 0 fully saturated rings. The smallest absolute Gasteiger partial charge is 0.305 e. The molecule has 0 spiro atoms. The van der Waals surface area contributed by atoms with Crippen molar-refractivity contribution in [2.45, 2.75) is 12.5 Å². The summed E-state index contributed by atoms with van der Waals surface area (Å²) in [5, 5.41) is 8.73. The van der Waals surface area contributed by atoms with Crippen LogP contribution in [-0.2, 0) is 4.79 Å². The summed E-state index contributed by atoms with van der Waals surface area (Å²) in [6, 6.07) is 9.25. The second kappa shape index (κ2) is 5.79. The molecule has 0 aliphatic heterocycles. The van der Waals surface area contributed by atoms with Crippen LogP contribution in [0.25, 0.3) is 11.1 Å². The Morgan fingerprint density at radius 3 is 2.35 bits per heavy atom. The van der Waals surface area contributed by atoms with Crippen molar-refractivity contribution >= 4 is 5.97 Å². The summed E-state index contributed by atoms with van der Waals surface area (Å²) in [7, 11) is 0. The Balaban J connectivity index is 2.36. The molecule has 3 nitrogen and oxygen atoms in total. The average molecular weight is 277 g/mol. The zero-order valence-electron chi connectivity index (χ0n) is 10.5. The monoisotopic (exact) mass is 277 g/mol. The third kappa shape index (κ3) is 3.39. The molecule has 0 radical (unpaired) electrons. The van der Waals surface area contributed by atoms with Gasteiger partial charge in [-0.05, 0) is 34.9 Å². The molecule has 0 aliphatic rings. The van der Waals surface area contributed by atoms with Gasteiger partial charge in [-0.3, -0.25) is 4.79 Å². The van der Waals surface area contributed by atoms with Crippen LogP contribution in [0.5, 0.6) is 0 Å². The van der Waals surface area contributed by atoms with Crippen molar-refractivity contribution in [3.63, 3.8) is 0 Å². The Hall–Kier alpha value is -2.27. The molecule has 20 heavy (non-hydrogen) atoms. The third-order valence-corrected chi connectivity index (χ3v) is 2.91. The highest BCUT2D eigenvalue weighted by Crippen LogP contribution is 2.25. The van der Waals surface area contributed by atoms with Crippen LogP contribution < -0.4 is 5.73 Å². The lowest BCUT2D eigenvalue weighted by atomic mass is 9.98. The fourth-order valence-corrected chi connectivity index (χ4v) is 1.98. The van der Waals surface area contributed by atoms with Crippen LogP contribution in [-0.4, -0.2) is 11.1 Å². The van der Waals surface area contributed by atoms with Crippen molar-refractivity contribution in [1.82, 2.24) is 0 Å². The normalized spacial score (nSPS) is 12.2. The largest absolute Gasteiger partial charge is 0.481 e. The number of nitrogens with two attached hydrogens (primary N) is 1. The van der Waals surface area contributed by atoms with E-state index in [1.807, 2.05) is 0 Å². The number of hydrogen-bond acceptors (Lipinski definition) is 2. The summed E-state index contributed by atoms with van der Waals surface area (Å²) >= 11 is 0. The van der Waals surface area contributed by atoms with Crippen LogP contribution in [0, 0.1) is 11.6 Å². The molecule has 0 amide bonds. The Morgan fingerprint density at radius 2 is 1.75 bits per heavy atom. The lowest BCUT2D eigenvalue weighted by Crippen LogP contribution is -2.14. The van der Waals surface area contributed by atoms with Crippen molar-refractivity contribution < 1.29 is 18.7 Å². The maximum absolute atomic E-state index is 13.2. The van der Waals surface area contributed by atoms with Crippen LogP contribution in [0.1, 0.15) is 18.0 Å². The van der Waals surface area contributed by atoms with Gasteiger partial charge in [-0.1, -0.05) is 18.2 Å². The number of hydrogen-bond donors (Lipinski definition) is 2. The van der Waals surface area contributed by atoms with Gasteiger partial charge >= 0.3 is 5.97 Å². The van der Waals surface area contributed by atoms with Gasteiger partial charge in [-0.15, -0.1) is 0 Å². The number of rotatable bonds is 4. The summed E-state index contributed by atoms with van der Waals surface area (Å²) in [6.07, 6.45) is -0.207. The van der Waals surface area contributed by atoms with Gasteiger partial charge in [0.2, 0.25) is 0 Å². The van der Waals surface area contributed by atoms with E-state index >= 15 is 0 Å². The summed E-state index contributed by atoms with van der Waals surface area (Å²) in [5.41, 5.74) is 7.35. The summed E-state index contributed by atoms with van der Waals surface area (Å²) in [6.45, 7) is 0. The number of carboxylic acid groups (broad SMARTS) is 1. The molecule has 3 N–H and O–H groups in total. The van der Waals surface area contributed by atoms with Crippen LogP contribution >= 0.6 is 0 Å². The van der Waals surface area contributed by atoms with Crippen molar-refractivity contribution in [1.29, 1.82) is 0 Å². The Bertz CT molecular complexity index is 623. The molecule has 2 rings (SSSR count). The fourth-order valence-electron chi connectivity index (χ4n) is 1.98. The lowest BCUT2D eigenvalue weighted by Gasteiger charge is -2.11. The SMILES string of the molecule is NC(CC(=O)O)c1cccc(-c2cc(F)cc(F)c2)c1. The molecule has 0 heterocycles. The molecule has 5 heteroatoms. The molecule has 0 bridgehead atoms. The molecular formula is C15H13F2NO2. The van der Waals surface area contributed by atoms with E-state index in [2.05, 4.69) is 0 Å². The minimum absolute atomic E-state index is 0.207. The van der Waals surface area contributed by atoms with E-state index in [-0.39, 0.29) is 6.42 Å². The summed E-state index contributed by atoms with van der Waals surface area (Å²) in [5.74, 6) is -2.33. The van der Waals surface area contributed by atoms with E-state index < -0.39 is 23.6 Å². The predicted molar refractivity (Wildman–Crippen MR) is 71.0 cm³/mol. The first-order valence-electron chi connectivity index (χ1n) is 5.99. The van der Waals surface area contributed by atoms with Gasteiger partial charge in [-0.25, -0.2) is 8.78 Å². The van der Waals surface area contributed by atoms with Gasteiger partial charge in [0, 0.05) is 12.1 Å². The second-order valence-electron chi connectivity index (χ2n) is 4.49. The highest BCUT2D eigenvalue weighted by Gasteiger charge is 2.12. The van der Waals surface area contributed by atoms with Crippen molar-refractivity contribution in [3.8, 4) is 11.1 Å². The van der Waals surface area contributed by atoms with Crippen LogP contribution in [0.15, 0.2) is 42.5 Å². The van der Waals surface area contributed by atoms with E-state index in [0.717, 1.165) is 6.07 Å². The first-order chi connectivity index (χ1) is 9.45. The number of aliphatic carboxylic acids is 1. The van der Waals surface area contributed by atoms with Crippen molar-refractivity contribution in [3.05, 3.63) is 59.7 Å². The van der Waals surface area contributed by atoms with E-state index in [1.54, 1.807) is 24.3 Å². The van der Waals surface area contributed by atoms with Crippen molar-refractivity contribution in [2.24, 2.45) is 5.73 Å². The third-order valence-electron chi connectivity index (χ3n) is 2.91. The van der Waals surface area contributed by atoms with E-state index in [9.17, 15) is 13.6 Å². The van der Waals surface area contributed by atoms with Crippen LogP contribution in [0.3, 0.4) is 0 Å². The molecule has 1 atom stereocenters. The average Bonchev–Trinajstić information content (AvgIpc) is 2.37. The maximum atomic E-state index is 13.2. The van der Waals surface area contributed by atoms with Gasteiger partial charge in [0.15, 0.2) is 0 Å². The summed E-state index contributed by atoms with van der Waals surface area (Å²) < 4.78 is 26.4. The Kier molecular flexibility index (Phi) is 4.10. The Morgan fingerprint density at radius 1 is 1.10 bits per heavy atom. The molecule has 0 aromatic heterocycles. The molecule has 0 saturated carbocycles. The molecule has 0 saturated heterocycles. The van der Waals surface area contributed by atoms with E-state index in [4.69, 9.17) is 10.8 Å². The maximum Gasteiger partial charge on any atom is 0.305 e. The minimum atomic E-state index is -1.00. The van der Waals surface area contributed by atoms with Gasteiger partial charge in [0.25, 0.3) is 0 Å². The minimum Gasteiger partial charge on any atom is -0.481 e.